The third kappa shape index (κ3) is 6.82. The zero-order chi connectivity index (χ0) is 25.3. The van der Waals surface area contributed by atoms with Crippen LogP contribution < -0.4 is 15.4 Å². The van der Waals surface area contributed by atoms with Gasteiger partial charge >= 0.3 is 0 Å². The summed E-state index contributed by atoms with van der Waals surface area (Å²) in [5.41, 5.74) is 5.96. The maximum atomic E-state index is 13.3. The van der Waals surface area contributed by atoms with Crippen LogP contribution in [0.25, 0.3) is 11.1 Å². The smallest absolute Gasteiger partial charge is 0.251 e. The fourth-order valence-corrected chi connectivity index (χ4v) is 4.84. The molecule has 0 aliphatic carbocycles. The number of hydrogen-bond acceptors (Lipinski definition) is 5. The largest absolute Gasteiger partial charge is 0.497 e. The molecule has 0 spiro atoms. The molecular formula is C30H32N2O3S. The van der Waals surface area contributed by atoms with Gasteiger partial charge in [0.1, 0.15) is 5.75 Å². The van der Waals surface area contributed by atoms with Crippen molar-refractivity contribution in [2.24, 2.45) is 0 Å². The number of aryl methyl sites for hydroxylation is 1. The molecule has 0 saturated heterocycles. The van der Waals surface area contributed by atoms with Crippen LogP contribution in [0, 0.1) is 6.92 Å². The van der Waals surface area contributed by atoms with Crippen molar-refractivity contribution >= 4 is 17.2 Å². The van der Waals surface area contributed by atoms with Crippen LogP contribution in [-0.2, 0) is 13.0 Å². The molecule has 0 unspecified atom stereocenters. The molecular weight excluding hydrogens is 468 g/mol. The maximum absolute atomic E-state index is 13.3. The van der Waals surface area contributed by atoms with Crippen LogP contribution in [0.2, 0.25) is 0 Å². The second-order valence-electron chi connectivity index (χ2n) is 8.86. The van der Waals surface area contributed by atoms with Crippen molar-refractivity contribution in [2.75, 3.05) is 13.7 Å². The van der Waals surface area contributed by atoms with Gasteiger partial charge in [0, 0.05) is 18.7 Å². The van der Waals surface area contributed by atoms with E-state index in [4.69, 9.17) is 4.74 Å². The third-order valence-electron chi connectivity index (χ3n) is 6.23. The highest BCUT2D eigenvalue weighted by molar-refractivity contribution is 7.08. The predicted octanol–water partition coefficient (Wildman–Crippen LogP) is 5.22. The fourth-order valence-electron chi connectivity index (χ4n) is 4.18. The zero-order valence-electron chi connectivity index (χ0n) is 20.6. The number of hydrogen-bond donors (Lipinski definition) is 3. The highest BCUT2D eigenvalue weighted by Gasteiger charge is 2.23. The summed E-state index contributed by atoms with van der Waals surface area (Å²) in [6.45, 7) is 2.97. The van der Waals surface area contributed by atoms with Crippen LogP contribution in [0.5, 0.6) is 5.75 Å². The Morgan fingerprint density at radius 1 is 1.00 bits per heavy atom. The quantitative estimate of drug-likeness (QED) is 0.264. The number of nitrogens with one attached hydrogen (secondary N) is 2. The summed E-state index contributed by atoms with van der Waals surface area (Å²) < 4.78 is 5.29. The summed E-state index contributed by atoms with van der Waals surface area (Å²) in [6, 6.07) is 25.1. The molecule has 1 heterocycles. The van der Waals surface area contributed by atoms with Gasteiger partial charge in [0.25, 0.3) is 5.91 Å². The number of amides is 1. The van der Waals surface area contributed by atoms with E-state index in [1.807, 2.05) is 85.1 Å². The Kier molecular flexibility index (Phi) is 8.90. The summed E-state index contributed by atoms with van der Waals surface area (Å²) in [5.74, 6) is 0.600. The Balaban J connectivity index is 1.46. The monoisotopic (exact) mass is 500 g/mol. The lowest BCUT2D eigenvalue weighted by atomic mass is 9.98. The second-order valence-corrected chi connectivity index (χ2v) is 9.64. The third-order valence-corrected chi connectivity index (χ3v) is 6.91. The van der Waals surface area contributed by atoms with E-state index in [-0.39, 0.29) is 5.91 Å². The number of carbonyl (C=O) groups is 1. The summed E-state index contributed by atoms with van der Waals surface area (Å²) in [6.07, 6.45) is -0.251. The molecule has 4 rings (SSSR count). The van der Waals surface area contributed by atoms with Crippen LogP contribution in [0.1, 0.15) is 27.0 Å². The lowest BCUT2D eigenvalue weighted by molar-refractivity contribution is 0.0830. The molecule has 2 atom stereocenters. The van der Waals surface area contributed by atoms with Crippen LogP contribution >= 0.6 is 11.3 Å². The van der Waals surface area contributed by atoms with Crippen LogP contribution in [0.4, 0.5) is 0 Å². The second kappa shape index (κ2) is 12.5. The van der Waals surface area contributed by atoms with Gasteiger partial charge in [0.05, 0.1) is 19.3 Å². The molecule has 0 saturated carbocycles. The van der Waals surface area contributed by atoms with Crippen molar-refractivity contribution < 1.29 is 14.6 Å². The minimum atomic E-state index is -0.776. The number of methoxy groups -OCH3 is 1. The van der Waals surface area contributed by atoms with E-state index >= 15 is 0 Å². The van der Waals surface area contributed by atoms with E-state index < -0.39 is 12.1 Å². The van der Waals surface area contributed by atoms with Gasteiger partial charge in [0.15, 0.2) is 0 Å². The SMILES string of the molecule is COc1cccc(CNC[C@@H](O)[C@H](Cc2ccccc2)NC(=O)c2ccc(C)c(-c3ccsc3)c2)c1. The number of thiophene rings is 1. The van der Waals surface area contributed by atoms with E-state index in [0.29, 0.717) is 25.1 Å². The minimum absolute atomic E-state index is 0.195. The van der Waals surface area contributed by atoms with Crippen LogP contribution in [0.3, 0.4) is 0 Å². The van der Waals surface area contributed by atoms with Crippen molar-refractivity contribution in [1.82, 2.24) is 10.6 Å². The molecule has 0 aliphatic heterocycles. The Labute approximate surface area is 216 Å². The average Bonchev–Trinajstić information content (AvgIpc) is 3.44. The topological polar surface area (TPSA) is 70.6 Å². The van der Waals surface area contributed by atoms with Crippen molar-refractivity contribution in [3.63, 3.8) is 0 Å². The lowest BCUT2D eigenvalue weighted by Crippen LogP contribution is -2.48. The molecule has 4 aromatic rings. The first-order chi connectivity index (χ1) is 17.5. The van der Waals surface area contributed by atoms with E-state index in [9.17, 15) is 9.90 Å². The zero-order valence-corrected chi connectivity index (χ0v) is 21.4. The molecule has 3 aromatic carbocycles. The minimum Gasteiger partial charge on any atom is -0.497 e. The molecule has 3 N–H and O–H groups in total. The molecule has 0 radical (unpaired) electrons. The van der Waals surface area contributed by atoms with E-state index in [2.05, 4.69) is 22.1 Å². The molecule has 6 heteroatoms. The number of carbonyl (C=O) groups excluding carboxylic acids is 1. The lowest BCUT2D eigenvalue weighted by Gasteiger charge is -2.25. The van der Waals surface area contributed by atoms with Crippen molar-refractivity contribution in [2.45, 2.75) is 32.0 Å². The van der Waals surface area contributed by atoms with Gasteiger partial charge in [0.2, 0.25) is 0 Å². The Hall–Kier alpha value is -3.45. The summed E-state index contributed by atoms with van der Waals surface area (Å²) in [4.78, 5) is 13.3. The molecule has 5 nitrogen and oxygen atoms in total. The molecule has 1 amide bonds. The Morgan fingerprint density at radius 2 is 1.81 bits per heavy atom. The molecule has 186 valence electrons. The summed E-state index contributed by atoms with van der Waals surface area (Å²) in [5, 5.41) is 21.6. The average molecular weight is 501 g/mol. The maximum Gasteiger partial charge on any atom is 0.251 e. The summed E-state index contributed by atoms with van der Waals surface area (Å²) >= 11 is 1.63. The van der Waals surface area contributed by atoms with Crippen molar-refractivity contribution in [3.8, 4) is 16.9 Å². The number of benzene rings is 3. The Morgan fingerprint density at radius 3 is 2.56 bits per heavy atom. The van der Waals surface area contributed by atoms with Gasteiger partial charge < -0.3 is 20.5 Å². The first kappa shape index (κ1) is 25.6. The van der Waals surface area contributed by atoms with Gasteiger partial charge in [-0.15, -0.1) is 0 Å². The van der Waals surface area contributed by atoms with Crippen molar-refractivity contribution in [3.05, 3.63) is 112 Å². The molecule has 0 aliphatic rings. The fraction of sp³-hybridized carbons (Fsp3) is 0.233. The number of aliphatic hydroxyl groups excluding tert-OH is 1. The number of rotatable bonds is 11. The Bertz CT molecular complexity index is 1260. The van der Waals surface area contributed by atoms with Crippen molar-refractivity contribution in [1.29, 1.82) is 0 Å². The van der Waals surface area contributed by atoms with E-state index in [0.717, 1.165) is 33.6 Å². The first-order valence-electron chi connectivity index (χ1n) is 12.0. The van der Waals surface area contributed by atoms with Gasteiger partial charge in [-0.1, -0.05) is 48.5 Å². The van der Waals surface area contributed by atoms with Crippen LogP contribution in [0.15, 0.2) is 89.6 Å². The number of ether oxygens (including phenoxy) is 1. The molecule has 36 heavy (non-hydrogen) atoms. The van der Waals surface area contributed by atoms with Crippen LogP contribution in [-0.4, -0.2) is 36.8 Å². The normalized spacial score (nSPS) is 12.6. The summed E-state index contributed by atoms with van der Waals surface area (Å²) in [7, 11) is 1.64. The molecule has 0 fully saturated rings. The van der Waals surface area contributed by atoms with E-state index in [1.54, 1.807) is 18.4 Å². The van der Waals surface area contributed by atoms with Gasteiger partial charge in [-0.25, -0.2) is 0 Å². The van der Waals surface area contributed by atoms with E-state index in [1.165, 1.54) is 0 Å². The van der Waals surface area contributed by atoms with Gasteiger partial charge in [-0.05, 0) is 82.3 Å². The highest BCUT2D eigenvalue weighted by atomic mass is 32.1. The highest BCUT2D eigenvalue weighted by Crippen LogP contribution is 2.26. The molecule has 1 aromatic heterocycles. The number of aliphatic hydroxyl groups is 1. The van der Waals surface area contributed by atoms with Gasteiger partial charge in [-0.2, -0.15) is 11.3 Å². The standard InChI is InChI=1S/C30H32N2O3S/c1-21-11-12-24(17-27(21)25-13-14-36-20-25)30(34)32-28(16-22-7-4-3-5-8-22)29(33)19-31-18-23-9-6-10-26(15-23)35-2/h3-15,17,20,28-29,31,33H,16,18-19H2,1-2H3,(H,32,34)/t28-,29+/m0/s1. The molecule has 0 bridgehead atoms. The predicted molar refractivity (Wildman–Crippen MR) is 147 cm³/mol. The van der Waals surface area contributed by atoms with Gasteiger partial charge in [-0.3, -0.25) is 4.79 Å². The first-order valence-corrected chi connectivity index (χ1v) is 13.0.